The lowest BCUT2D eigenvalue weighted by Gasteiger charge is -2.21. The highest BCUT2D eigenvalue weighted by molar-refractivity contribution is 5.85. The molecule has 0 saturated heterocycles. The average molecular weight is 299 g/mol. The Morgan fingerprint density at radius 1 is 1.10 bits per heavy atom. The first-order valence-corrected chi connectivity index (χ1v) is 7.42. The number of rotatable bonds is 10. The van der Waals surface area contributed by atoms with Crippen molar-refractivity contribution in [2.45, 2.75) is 19.3 Å². The fourth-order valence-electron chi connectivity index (χ4n) is 2.18. The van der Waals surface area contributed by atoms with Gasteiger partial charge < -0.3 is 10.5 Å². The molecule has 0 spiro atoms. The monoisotopic (exact) mass is 298 g/mol. The molecule has 1 aliphatic carbocycles. The van der Waals surface area contributed by atoms with E-state index in [9.17, 15) is 0 Å². The van der Waals surface area contributed by atoms with E-state index in [2.05, 4.69) is 35.2 Å². The maximum Gasteiger partial charge on any atom is 0.0593 e. The Morgan fingerprint density at radius 2 is 1.85 bits per heavy atom. The highest BCUT2D eigenvalue weighted by Gasteiger charge is 2.21. The van der Waals surface area contributed by atoms with Gasteiger partial charge in [0.1, 0.15) is 0 Å². The molecule has 0 bridgehead atoms. The lowest BCUT2D eigenvalue weighted by molar-refractivity contribution is 0.0973. The second kappa shape index (κ2) is 10.2. The topological polar surface area (TPSA) is 38.5 Å². The van der Waals surface area contributed by atoms with E-state index in [-0.39, 0.29) is 12.4 Å². The molecule has 2 N–H and O–H groups in total. The van der Waals surface area contributed by atoms with Gasteiger partial charge in [-0.1, -0.05) is 30.3 Å². The Balaban J connectivity index is 0.00000200. The minimum Gasteiger partial charge on any atom is -0.380 e. The molecule has 0 atom stereocenters. The molecule has 4 heteroatoms. The molecule has 1 fully saturated rings. The second-order valence-electron chi connectivity index (χ2n) is 5.38. The Bertz CT molecular complexity index is 344. The van der Waals surface area contributed by atoms with Crippen molar-refractivity contribution < 1.29 is 4.74 Å². The molecule has 0 radical (unpaired) electrons. The minimum atomic E-state index is 0. The van der Waals surface area contributed by atoms with Crippen molar-refractivity contribution in [2.75, 3.05) is 39.4 Å². The van der Waals surface area contributed by atoms with Crippen molar-refractivity contribution in [3.8, 4) is 0 Å². The number of nitrogens with two attached hydrogens (primary N) is 1. The summed E-state index contributed by atoms with van der Waals surface area (Å²) in [6.45, 7) is 5.53. The molecule has 1 aromatic rings. The maximum absolute atomic E-state index is 5.70. The summed E-state index contributed by atoms with van der Waals surface area (Å²) >= 11 is 0. The predicted octanol–water partition coefficient (Wildman–Crippen LogP) is 2.34. The van der Waals surface area contributed by atoms with Crippen LogP contribution in [0.25, 0.3) is 0 Å². The summed E-state index contributed by atoms with van der Waals surface area (Å²) in [6.07, 6.45) is 3.81. The van der Waals surface area contributed by atoms with E-state index in [1.54, 1.807) is 0 Å². The molecule has 0 aromatic heterocycles. The summed E-state index contributed by atoms with van der Waals surface area (Å²) in [4.78, 5) is 2.40. The zero-order valence-corrected chi connectivity index (χ0v) is 13.0. The molecule has 1 aromatic carbocycles. The third kappa shape index (κ3) is 7.25. The first-order chi connectivity index (χ1) is 9.38. The summed E-state index contributed by atoms with van der Waals surface area (Å²) in [5.74, 6) is 0.854. The second-order valence-corrected chi connectivity index (χ2v) is 5.38. The molecule has 114 valence electrons. The number of ether oxygens (including phenoxy) is 1. The molecular weight excluding hydrogens is 272 g/mol. The van der Waals surface area contributed by atoms with E-state index >= 15 is 0 Å². The van der Waals surface area contributed by atoms with E-state index in [0.717, 1.165) is 51.7 Å². The Morgan fingerprint density at radius 3 is 2.50 bits per heavy atom. The van der Waals surface area contributed by atoms with E-state index in [0.29, 0.717) is 0 Å². The summed E-state index contributed by atoms with van der Waals surface area (Å²) < 4.78 is 5.70. The van der Waals surface area contributed by atoms with E-state index in [4.69, 9.17) is 10.5 Å². The quantitative estimate of drug-likeness (QED) is 0.674. The van der Waals surface area contributed by atoms with Crippen LogP contribution in [0.3, 0.4) is 0 Å². The largest absolute Gasteiger partial charge is 0.380 e. The first-order valence-electron chi connectivity index (χ1n) is 7.42. The van der Waals surface area contributed by atoms with Crippen LogP contribution in [0.15, 0.2) is 30.3 Å². The third-order valence-corrected chi connectivity index (χ3v) is 3.61. The predicted molar refractivity (Wildman–Crippen MR) is 86.4 cm³/mol. The molecule has 2 rings (SSSR count). The fourth-order valence-corrected chi connectivity index (χ4v) is 2.18. The van der Waals surface area contributed by atoms with Crippen LogP contribution < -0.4 is 5.73 Å². The zero-order chi connectivity index (χ0) is 13.3. The maximum atomic E-state index is 5.70. The van der Waals surface area contributed by atoms with Crippen LogP contribution in [-0.4, -0.2) is 44.3 Å². The van der Waals surface area contributed by atoms with Gasteiger partial charge in [-0.2, -0.15) is 0 Å². The van der Waals surface area contributed by atoms with Gasteiger partial charge in [0.2, 0.25) is 0 Å². The average Bonchev–Trinajstić information content (AvgIpc) is 3.26. The van der Waals surface area contributed by atoms with Gasteiger partial charge in [-0.05, 0) is 30.7 Å². The van der Waals surface area contributed by atoms with Gasteiger partial charge in [-0.3, -0.25) is 4.90 Å². The molecule has 20 heavy (non-hydrogen) atoms. The van der Waals surface area contributed by atoms with E-state index < -0.39 is 0 Å². The van der Waals surface area contributed by atoms with Gasteiger partial charge in [-0.15, -0.1) is 12.4 Å². The Labute approximate surface area is 128 Å². The molecule has 1 aliphatic rings. The van der Waals surface area contributed by atoms with Crippen LogP contribution in [0.2, 0.25) is 0 Å². The lowest BCUT2D eigenvalue weighted by Crippen LogP contribution is -2.34. The van der Waals surface area contributed by atoms with Crippen molar-refractivity contribution in [3.05, 3.63) is 35.9 Å². The van der Waals surface area contributed by atoms with Crippen LogP contribution in [0.4, 0.5) is 0 Å². The van der Waals surface area contributed by atoms with Gasteiger partial charge in [0.05, 0.1) is 6.61 Å². The first kappa shape index (κ1) is 17.4. The van der Waals surface area contributed by atoms with Crippen LogP contribution >= 0.6 is 12.4 Å². The number of benzene rings is 1. The van der Waals surface area contributed by atoms with Gasteiger partial charge in [0.25, 0.3) is 0 Å². The van der Waals surface area contributed by atoms with E-state index in [1.807, 2.05) is 0 Å². The molecule has 0 amide bonds. The van der Waals surface area contributed by atoms with Crippen LogP contribution in [0.5, 0.6) is 0 Å². The van der Waals surface area contributed by atoms with Crippen LogP contribution in [-0.2, 0) is 11.2 Å². The van der Waals surface area contributed by atoms with Crippen molar-refractivity contribution in [1.82, 2.24) is 4.90 Å². The zero-order valence-electron chi connectivity index (χ0n) is 12.2. The number of halogens is 1. The molecule has 1 saturated carbocycles. The third-order valence-electron chi connectivity index (χ3n) is 3.61. The summed E-state index contributed by atoms with van der Waals surface area (Å²) in [6, 6.07) is 10.6. The van der Waals surface area contributed by atoms with Gasteiger partial charge in [0.15, 0.2) is 0 Å². The lowest BCUT2D eigenvalue weighted by atomic mass is 10.1. The SMILES string of the molecule is Cl.NCCN(CCOCC1CC1)CCc1ccccc1. The molecule has 3 nitrogen and oxygen atoms in total. The van der Waals surface area contributed by atoms with Crippen LogP contribution in [0.1, 0.15) is 18.4 Å². The summed E-state index contributed by atoms with van der Waals surface area (Å²) in [5.41, 5.74) is 7.07. The summed E-state index contributed by atoms with van der Waals surface area (Å²) in [5, 5.41) is 0. The number of nitrogens with zero attached hydrogens (tertiary/aromatic N) is 1. The van der Waals surface area contributed by atoms with Crippen molar-refractivity contribution >= 4 is 12.4 Å². The Kier molecular flexibility index (Phi) is 8.86. The van der Waals surface area contributed by atoms with Crippen molar-refractivity contribution in [1.29, 1.82) is 0 Å². The highest BCUT2D eigenvalue weighted by Crippen LogP contribution is 2.28. The minimum absolute atomic E-state index is 0. The summed E-state index contributed by atoms with van der Waals surface area (Å²) in [7, 11) is 0. The van der Waals surface area contributed by atoms with Crippen molar-refractivity contribution in [3.63, 3.8) is 0 Å². The molecule has 0 unspecified atom stereocenters. The Hall–Kier alpha value is -0.610. The number of hydrogen-bond donors (Lipinski definition) is 1. The normalized spacial score (nSPS) is 14.3. The van der Waals surface area contributed by atoms with Gasteiger partial charge in [0, 0.05) is 32.8 Å². The highest BCUT2D eigenvalue weighted by atomic mass is 35.5. The fraction of sp³-hybridized carbons (Fsp3) is 0.625. The van der Waals surface area contributed by atoms with Gasteiger partial charge >= 0.3 is 0 Å². The molecular formula is C16H27ClN2O. The number of hydrogen-bond acceptors (Lipinski definition) is 3. The standard InChI is InChI=1S/C16H26N2O.ClH/c17-9-11-18(12-13-19-14-16-6-7-16)10-8-15-4-2-1-3-5-15;/h1-5,16H,6-14,17H2;1H. The molecule has 0 aliphatic heterocycles. The van der Waals surface area contributed by atoms with Gasteiger partial charge in [-0.25, -0.2) is 0 Å². The van der Waals surface area contributed by atoms with Crippen molar-refractivity contribution in [2.24, 2.45) is 11.7 Å². The molecule has 0 heterocycles. The smallest absolute Gasteiger partial charge is 0.0593 e. The van der Waals surface area contributed by atoms with Crippen LogP contribution in [0, 0.1) is 5.92 Å². The van der Waals surface area contributed by atoms with E-state index in [1.165, 1.54) is 18.4 Å².